The van der Waals surface area contributed by atoms with E-state index in [9.17, 15) is 4.79 Å². The number of rotatable bonds is 4. The van der Waals surface area contributed by atoms with E-state index in [1.54, 1.807) is 24.3 Å². The molecule has 1 aromatic carbocycles. The zero-order valence-electron chi connectivity index (χ0n) is 14.5. The zero-order valence-corrected chi connectivity index (χ0v) is 14.5. The van der Waals surface area contributed by atoms with Crippen molar-refractivity contribution in [2.75, 3.05) is 31.1 Å². The van der Waals surface area contributed by atoms with Crippen molar-refractivity contribution in [3.8, 4) is 0 Å². The molecule has 26 heavy (non-hydrogen) atoms. The standard InChI is InChI=1S/C19H22FN5O/c20-16-10-14(13-5-8-21-9-6-13)3-4-17(16)25(18-2-1-7-23-24-18)19(26)15-11-22-12-15/h1-4,7,10,13,15,21-22H,5-6,8-9,11-12H2. The number of hydrogen-bond donors (Lipinski definition) is 2. The Balaban J connectivity index is 1.67. The van der Waals surface area contributed by atoms with Gasteiger partial charge in [-0.25, -0.2) is 4.39 Å². The van der Waals surface area contributed by atoms with Crippen LogP contribution in [0.1, 0.15) is 24.3 Å². The van der Waals surface area contributed by atoms with E-state index in [-0.39, 0.29) is 17.5 Å². The summed E-state index contributed by atoms with van der Waals surface area (Å²) >= 11 is 0. The minimum atomic E-state index is -0.396. The first-order valence-electron chi connectivity index (χ1n) is 9.06. The van der Waals surface area contributed by atoms with Gasteiger partial charge in [0.05, 0.1) is 11.6 Å². The summed E-state index contributed by atoms with van der Waals surface area (Å²) in [6, 6.07) is 8.58. The molecule has 2 fully saturated rings. The first-order valence-corrected chi connectivity index (χ1v) is 9.06. The Hall–Kier alpha value is -2.38. The van der Waals surface area contributed by atoms with Gasteiger partial charge in [-0.2, -0.15) is 5.10 Å². The van der Waals surface area contributed by atoms with Crippen LogP contribution < -0.4 is 15.5 Å². The number of nitrogens with one attached hydrogen (secondary N) is 2. The van der Waals surface area contributed by atoms with E-state index in [1.165, 1.54) is 11.1 Å². The lowest BCUT2D eigenvalue weighted by Crippen LogP contribution is -2.51. The van der Waals surface area contributed by atoms with Crippen molar-refractivity contribution in [3.63, 3.8) is 0 Å². The van der Waals surface area contributed by atoms with Gasteiger partial charge in [0.2, 0.25) is 5.91 Å². The lowest BCUT2D eigenvalue weighted by atomic mass is 9.90. The van der Waals surface area contributed by atoms with Crippen molar-refractivity contribution in [2.45, 2.75) is 18.8 Å². The van der Waals surface area contributed by atoms with Gasteiger partial charge in [0.1, 0.15) is 5.82 Å². The highest BCUT2D eigenvalue weighted by Gasteiger charge is 2.33. The summed E-state index contributed by atoms with van der Waals surface area (Å²) in [6.07, 6.45) is 3.53. The Kier molecular flexibility index (Phi) is 4.90. The van der Waals surface area contributed by atoms with Crippen LogP contribution in [-0.2, 0) is 4.79 Å². The lowest BCUT2D eigenvalue weighted by Gasteiger charge is -2.32. The average molecular weight is 355 g/mol. The molecule has 6 nitrogen and oxygen atoms in total. The number of hydrogen-bond acceptors (Lipinski definition) is 5. The molecule has 1 amide bonds. The van der Waals surface area contributed by atoms with Crippen molar-refractivity contribution in [1.82, 2.24) is 20.8 Å². The fourth-order valence-electron chi connectivity index (χ4n) is 3.53. The van der Waals surface area contributed by atoms with E-state index in [0.717, 1.165) is 31.5 Å². The number of amides is 1. The molecule has 0 bridgehead atoms. The maximum Gasteiger partial charge on any atom is 0.238 e. The van der Waals surface area contributed by atoms with Gasteiger partial charge in [-0.05, 0) is 61.7 Å². The van der Waals surface area contributed by atoms with E-state index in [2.05, 4.69) is 20.8 Å². The van der Waals surface area contributed by atoms with Gasteiger partial charge in [0, 0.05) is 19.3 Å². The first-order chi connectivity index (χ1) is 12.7. The summed E-state index contributed by atoms with van der Waals surface area (Å²) in [5.74, 6) is -0.0141. The second kappa shape index (κ2) is 7.47. The summed E-state index contributed by atoms with van der Waals surface area (Å²) in [4.78, 5) is 14.3. The van der Waals surface area contributed by atoms with E-state index in [4.69, 9.17) is 0 Å². The number of nitrogens with zero attached hydrogens (tertiary/aromatic N) is 3. The summed E-state index contributed by atoms with van der Waals surface area (Å²) in [5, 5.41) is 14.3. The van der Waals surface area contributed by atoms with Gasteiger partial charge in [-0.1, -0.05) is 6.07 Å². The summed E-state index contributed by atoms with van der Waals surface area (Å²) in [5.41, 5.74) is 1.23. The molecule has 0 saturated carbocycles. The molecule has 0 radical (unpaired) electrons. The number of aromatic nitrogens is 2. The fraction of sp³-hybridized carbons (Fsp3) is 0.421. The zero-order chi connectivity index (χ0) is 17.9. The molecule has 2 saturated heterocycles. The number of anilines is 2. The van der Waals surface area contributed by atoms with Crippen molar-refractivity contribution >= 4 is 17.4 Å². The number of benzene rings is 1. The van der Waals surface area contributed by atoms with Gasteiger partial charge in [-0.3, -0.25) is 9.69 Å². The SMILES string of the molecule is O=C(C1CNC1)N(c1cccnn1)c1ccc(C2CCNCC2)cc1F. The van der Waals surface area contributed by atoms with Crippen LogP contribution in [0.5, 0.6) is 0 Å². The maximum atomic E-state index is 15.0. The first kappa shape index (κ1) is 17.1. The fourth-order valence-corrected chi connectivity index (χ4v) is 3.53. The van der Waals surface area contributed by atoms with Gasteiger partial charge in [0.25, 0.3) is 0 Å². The predicted octanol–water partition coefficient (Wildman–Crippen LogP) is 1.97. The van der Waals surface area contributed by atoms with Crippen LogP contribution in [0.4, 0.5) is 15.9 Å². The van der Waals surface area contributed by atoms with Crippen molar-refractivity contribution in [3.05, 3.63) is 47.9 Å². The third-order valence-electron chi connectivity index (χ3n) is 5.16. The van der Waals surface area contributed by atoms with E-state index < -0.39 is 5.82 Å². The molecule has 2 aliphatic rings. The van der Waals surface area contributed by atoms with Crippen LogP contribution in [0.2, 0.25) is 0 Å². The van der Waals surface area contributed by atoms with Gasteiger partial charge >= 0.3 is 0 Å². The Bertz CT molecular complexity index is 775. The molecule has 3 heterocycles. The number of halogens is 1. The second-order valence-electron chi connectivity index (χ2n) is 6.85. The molecule has 4 rings (SSSR count). The van der Waals surface area contributed by atoms with Gasteiger partial charge in [-0.15, -0.1) is 5.10 Å². The number of carbonyl (C=O) groups excluding carboxylic acids is 1. The van der Waals surface area contributed by atoms with Crippen molar-refractivity contribution in [2.24, 2.45) is 5.92 Å². The van der Waals surface area contributed by atoms with E-state index >= 15 is 4.39 Å². The minimum Gasteiger partial charge on any atom is -0.317 e. The van der Waals surface area contributed by atoms with Crippen LogP contribution >= 0.6 is 0 Å². The molecule has 0 atom stereocenters. The molecule has 2 N–H and O–H groups in total. The molecular formula is C19H22FN5O. The molecule has 7 heteroatoms. The third-order valence-corrected chi connectivity index (χ3v) is 5.16. The molecule has 0 spiro atoms. The second-order valence-corrected chi connectivity index (χ2v) is 6.85. The molecule has 0 unspecified atom stereocenters. The van der Waals surface area contributed by atoms with E-state index in [0.29, 0.717) is 24.8 Å². The Morgan fingerprint density at radius 1 is 1.15 bits per heavy atom. The van der Waals surface area contributed by atoms with E-state index in [1.807, 2.05) is 6.07 Å². The topological polar surface area (TPSA) is 70.2 Å². The highest BCUT2D eigenvalue weighted by Crippen LogP contribution is 2.33. The Morgan fingerprint density at radius 2 is 1.96 bits per heavy atom. The Labute approximate surface area is 151 Å². The highest BCUT2D eigenvalue weighted by atomic mass is 19.1. The quantitative estimate of drug-likeness (QED) is 0.877. The van der Waals surface area contributed by atoms with Crippen LogP contribution in [0.25, 0.3) is 0 Å². The average Bonchev–Trinajstić information content (AvgIpc) is 2.63. The monoisotopic (exact) mass is 355 g/mol. The third kappa shape index (κ3) is 3.32. The lowest BCUT2D eigenvalue weighted by molar-refractivity contribution is -0.123. The molecule has 0 aliphatic carbocycles. The molecular weight excluding hydrogens is 333 g/mol. The Morgan fingerprint density at radius 3 is 2.58 bits per heavy atom. The van der Waals surface area contributed by atoms with Crippen LogP contribution in [-0.4, -0.2) is 42.3 Å². The van der Waals surface area contributed by atoms with Crippen LogP contribution in [0, 0.1) is 11.7 Å². The normalized spacial score (nSPS) is 18.3. The summed E-state index contributed by atoms with van der Waals surface area (Å²) in [6.45, 7) is 3.11. The van der Waals surface area contributed by atoms with Crippen molar-refractivity contribution in [1.29, 1.82) is 0 Å². The van der Waals surface area contributed by atoms with Crippen LogP contribution in [0.15, 0.2) is 36.5 Å². The molecule has 2 aliphatic heterocycles. The number of piperidine rings is 1. The highest BCUT2D eigenvalue weighted by molar-refractivity contribution is 6.01. The maximum absolute atomic E-state index is 15.0. The van der Waals surface area contributed by atoms with Gasteiger partial charge < -0.3 is 10.6 Å². The predicted molar refractivity (Wildman–Crippen MR) is 96.8 cm³/mol. The van der Waals surface area contributed by atoms with Crippen molar-refractivity contribution < 1.29 is 9.18 Å². The molecule has 136 valence electrons. The molecule has 1 aromatic heterocycles. The van der Waals surface area contributed by atoms with Crippen LogP contribution in [0.3, 0.4) is 0 Å². The minimum absolute atomic E-state index is 0.155. The number of carbonyl (C=O) groups is 1. The smallest absolute Gasteiger partial charge is 0.238 e. The summed E-state index contributed by atoms with van der Waals surface area (Å²) in [7, 11) is 0. The summed E-state index contributed by atoms with van der Waals surface area (Å²) < 4.78 is 15.0. The molecule has 2 aromatic rings. The largest absolute Gasteiger partial charge is 0.317 e. The van der Waals surface area contributed by atoms with Gasteiger partial charge in [0.15, 0.2) is 5.82 Å².